The van der Waals surface area contributed by atoms with Crippen molar-refractivity contribution in [2.75, 3.05) is 13.6 Å². The van der Waals surface area contributed by atoms with Gasteiger partial charge < -0.3 is 16.0 Å². The summed E-state index contributed by atoms with van der Waals surface area (Å²) in [4.78, 5) is 26.3. The van der Waals surface area contributed by atoms with Crippen LogP contribution in [0.1, 0.15) is 67.2 Å². The number of allylic oxidation sites excluding steroid dienone is 5. The zero-order valence-corrected chi connectivity index (χ0v) is 19.3. The largest absolute Gasteiger partial charge is 0.388 e. The Morgan fingerprint density at radius 3 is 2.59 bits per heavy atom. The van der Waals surface area contributed by atoms with Crippen molar-refractivity contribution in [3.05, 3.63) is 46.8 Å². The summed E-state index contributed by atoms with van der Waals surface area (Å²) in [5, 5.41) is 3.26. The zero-order chi connectivity index (χ0) is 22.2. The van der Waals surface area contributed by atoms with Crippen molar-refractivity contribution >= 4 is 11.7 Å². The van der Waals surface area contributed by atoms with Crippen LogP contribution in [0.4, 0.5) is 0 Å². The molecular formula is C24H39N3O2. The molecule has 3 N–H and O–H groups in total. The number of primary amides is 1. The van der Waals surface area contributed by atoms with Crippen LogP contribution in [0.15, 0.2) is 46.8 Å². The fraction of sp³-hybridized carbons (Fsp3) is 0.583. The van der Waals surface area contributed by atoms with E-state index in [9.17, 15) is 9.59 Å². The second-order valence-corrected chi connectivity index (χ2v) is 8.81. The third kappa shape index (κ3) is 7.92. The molecule has 0 spiro atoms. The van der Waals surface area contributed by atoms with E-state index in [1.165, 1.54) is 0 Å². The zero-order valence-electron chi connectivity index (χ0n) is 19.3. The first kappa shape index (κ1) is 24.7. The van der Waals surface area contributed by atoms with Crippen molar-refractivity contribution < 1.29 is 9.59 Å². The lowest BCUT2D eigenvalue weighted by molar-refractivity contribution is -0.117. The van der Waals surface area contributed by atoms with E-state index in [1.54, 1.807) is 6.08 Å². The Morgan fingerprint density at radius 1 is 1.38 bits per heavy atom. The van der Waals surface area contributed by atoms with Crippen molar-refractivity contribution in [1.82, 2.24) is 10.2 Å². The van der Waals surface area contributed by atoms with Gasteiger partial charge in [-0.05, 0) is 51.2 Å². The minimum atomic E-state index is -0.439. The second-order valence-electron chi connectivity index (χ2n) is 8.81. The lowest BCUT2D eigenvalue weighted by Crippen LogP contribution is -2.27. The van der Waals surface area contributed by atoms with Gasteiger partial charge in [0.25, 0.3) is 0 Å². The highest BCUT2D eigenvalue weighted by atomic mass is 16.1. The first-order valence-corrected chi connectivity index (χ1v) is 10.6. The molecule has 0 saturated carbocycles. The molecule has 162 valence electrons. The van der Waals surface area contributed by atoms with Crippen LogP contribution in [-0.4, -0.2) is 36.2 Å². The number of rotatable bonds is 10. The highest BCUT2D eigenvalue weighted by Crippen LogP contribution is 2.33. The molecule has 1 amide bonds. The second kappa shape index (κ2) is 11.0. The Labute approximate surface area is 176 Å². The summed E-state index contributed by atoms with van der Waals surface area (Å²) in [6.07, 6.45) is 11.4. The number of carbonyl (C=O) groups is 2. The third-order valence-electron chi connectivity index (χ3n) is 5.50. The molecule has 1 rings (SSSR count). The Balaban J connectivity index is 2.89. The molecule has 0 fully saturated rings. The molecule has 1 aliphatic carbocycles. The molecule has 0 aromatic heterocycles. The number of nitrogens with zero attached hydrogens (tertiary/aromatic N) is 1. The highest BCUT2D eigenvalue weighted by molar-refractivity contribution is 5.99. The predicted octanol–water partition coefficient (Wildman–Crippen LogP) is 4.23. The van der Waals surface area contributed by atoms with Gasteiger partial charge >= 0.3 is 0 Å². The molecule has 1 atom stereocenters. The van der Waals surface area contributed by atoms with Crippen LogP contribution < -0.4 is 11.1 Å². The number of Topliss-reactive ketones (excluding diaryl/α,β-unsaturated/α-hetero) is 1. The molecule has 0 bridgehead atoms. The molecule has 29 heavy (non-hydrogen) atoms. The molecule has 0 saturated heterocycles. The topological polar surface area (TPSA) is 75.4 Å². The van der Waals surface area contributed by atoms with Gasteiger partial charge in [-0.3, -0.25) is 9.59 Å². The van der Waals surface area contributed by atoms with Gasteiger partial charge in [-0.1, -0.05) is 39.3 Å². The summed E-state index contributed by atoms with van der Waals surface area (Å²) in [5.74, 6) is -0.240. The van der Waals surface area contributed by atoms with Gasteiger partial charge in [-0.15, -0.1) is 0 Å². The Bertz CT molecular complexity index is 726. The van der Waals surface area contributed by atoms with E-state index < -0.39 is 5.91 Å². The van der Waals surface area contributed by atoms with Crippen molar-refractivity contribution in [3.8, 4) is 0 Å². The molecule has 5 nitrogen and oxygen atoms in total. The summed E-state index contributed by atoms with van der Waals surface area (Å²) >= 11 is 0. The van der Waals surface area contributed by atoms with Crippen LogP contribution in [0.5, 0.6) is 0 Å². The van der Waals surface area contributed by atoms with Crippen molar-refractivity contribution in [3.63, 3.8) is 0 Å². The maximum Gasteiger partial charge on any atom is 0.250 e. The van der Waals surface area contributed by atoms with Crippen LogP contribution in [0.25, 0.3) is 0 Å². The average molecular weight is 402 g/mol. The minimum Gasteiger partial charge on any atom is -0.388 e. The molecule has 0 aromatic rings. The van der Waals surface area contributed by atoms with Gasteiger partial charge in [0.1, 0.15) is 0 Å². The van der Waals surface area contributed by atoms with Gasteiger partial charge in [0.2, 0.25) is 5.91 Å². The van der Waals surface area contributed by atoms with Crippen LogP contribution in [-0.2, 0) is 9.59 Å². The number of nitrogens with one attached hydrogen (secondary N) is 1. The van der Waals surface area contributed by atoms with Gasteiger partial charge in [-0.2, -0.15) is 0 Å². The van der Waals surface area contributed by atoms with Gasteiger partial charge in [0.05, 0.1) is 5.57 Å². The number of amides is 1. The van der Waals surface area contributed by atoms with Gasteiger partial charge in [0.15, 0.2) is 5.78 Å². The number of unbranched alkanes of at least 4 members (excludes halogenated alkanes) is 1. The monoisotopic (exact) mass is 401 g/mol. The van der Waals surface area contributed by atoms with Crippen LogP contribution in [0.3, 0.4) is 0 Å². The summed E-state index contributed by atoms with van der Waals surface area (Å²) in [6, 6.07) is 0.0415. The number of carbonyl (C=O) groups excluding carboxylic acids is 2. The van der Waals surface area contributed by atoms with E-state index in [-0.39, 0.29) is 17.2 Å². The molecule has 0 aliphatic heterocycles. The number of hydrogen-bond donors (Lipinski definition) is 2. The third-order valence-corrected chi connectivity index (χ3v) is 5.50. The number of likely N-dealkylation sites (N-methyl/N-ethyl adjacent to an activating group) is 1. The van der Waals surface area contributed by atoms with Gasteiger partial charge in [-0.25, -0.2) is 0 Å². The van der Waals surface area contributed by atoms with Gasteiger partial charge in [0, 0.05) is 43.0 Å². The molecule has 0 radical (unpaired) electrons. The number of ketones is 1. The minimum absolute atomic E-state index is 0.0415. The lowest BCUT2D eigenvalue weighted by atomic mass is 9.77. The molecule has 0 aromatic carbocycles. The lowest BCUT2D eigenvalue weighted by Gasteiger charge is -2.29. The van der Waals surface area contributed by atoms with Crippen molar-refractivity contribution in [2.24, 2.45) is 11.1 Å². The molecule has 1 aliphatic rings. The first-order chi connectivity index (χ1) is 13.5. The summed E-state index contributed by atoms with van der Waals surface area (Å²) in [7, 11) is 1.98. The first-order valence-electron chi connectivity index (χ1n) is 10.6. The SMILES string of the molecule is CCCCN/C(C)=C(/C=C\C(C)N(C)/C(C)=C\C1=CCC(C)(C)CC1=O)C(N)=O. The number of hydrogen-bond acceptors (Lipinski definition) is 4. The predicted molar refractivity (Wildman–Crippen MR) is 121 cm³/mol. The fourth-order valence-electron chi connectivity index (χ4n) is 3.20. The summed E-state index contributed by atoms with van der Waals surface area (Å²) < 4.78 is 0. The smallest absolute Gasteiger partial charge is 0.250 e. The quantitative estimate of drug-likeness (QED) is 0.326. The maximum atomic E-state index is 12.4. The summed E-state index contributed by atoms with van der Waals surface area (Å²) in [6.45, 7) is 13.1. The van der Waals surface area contributed by atoms with E-state index in [4.69, 9.17) is 5.73 Å². The molecule has 1 unspecified atom stereocenters. The highest BCUT2D eigenvalue weighted by Gasteiger charge is 2.27. The van der Waals surface area contributed by atoms with Crippen LogP contribution >= 0.6 is 0 Å². The molecule has 5 heteroatoms. The standard InChI is InChI=1S/C24H39N3O2/c1-8-9-14-26-19(4)21(23(25)29)11-10-17(2)27(7)18(3)15-20-12-13-24(5,6)16-22(20)28/h10-12,15,17,26H,8-9,13-14,16H2,1-7H3,(H2,25,29)/b11-10-,18-15-,21-19-. The van der Waals surface area contributed by atoms with Crippen molar-refractivity contribution in [2.45, 2.75) is 73.3 Å². The summed E-state index contributed by atoms with van der Waals surface area (Å²) in [5.41, 5.74) is 8.70. The van der Waals surface area contributed by atoms with E-state index >= 15 is 0 Å². The van der Waals surface area contributed by atoms with Crippen LogP contribution in [0.2, 0.25) is 0 Å². The Morgan fingerprint density at radius 2 is 2.03 bits per heavy atom. The van der Waals surface area contributed by atoms with Crippen LogP contribution in [0, 0.1) is 5.41 Å². The van der Waals surface area contributed by atoms with E-state index in [1.807, 2.05) is 46.0 Å². The molecular weight excluding hydrogens is 362 g/mol. The maximum absolute atomic E-state index is 12.4. The van der Waals surface area contributed by atoms with E-state index in [2.05, 4.69) is 31.0 Å². The Hall–Kier alpha value is -2.30. The normalized spacial score (nSPS) is 18.9. The Kier molecular flexibility index (Phi) is 9.41. The fourth-order valence-corrected chi connectivity index (χ4v) is 3.20. The molecule has 0 heterocycles. The number of nitrogens with two attached hydrogens (primary N) is 1. The van der Waals surface area contributed by atoms with E-state index in [0.717, 1.165) is 42.8 Å². The van der Waals surface area contributed by atoms with E-state index in [0.29, 0.717) is 12.0 Å². The average Bonchev–Trinajstić information content (AvgIpc) is 2.62. The van der Waals surface area contributed by atoms with Crippen molar-refractivity contribution in [1.29, 1.82) is 0 Å².